The second kappa shape index (κ2) is 6.94. The summed E-state index contributed by atoms with van der Waals surface area (Å²) >= 11 is 7.28. The van der Waals surface area contributed by atoms with Crippen molar-refractivity contribution in [2.75, 3.05) is 5.01 Å². The number of amides is 1. The highest BCUT2D eigenvalue weighted by Gasteiger charge is 2.16. The SMILES string of the molecule is CC(=O)N(/N=C/c1coc2ccccc2c1=O)c1nc2ccc(Cl)cc2s1. The van der Waals surface area contributed by atoms with Gasteiger partial charge in [-0.2, -0.15) is 10.1 Å². The van der Waals surface area contributed by atoms with Crippen LogP contribution in [0.15, 0.2) is 63.0 Å². The van der Waals surface area contributed by atoms with Crippen molar-refractivity contribution in [2.24, 2.45) is 5.10 Å². The molecule has 0 spiro atoms. The highest BCUT2D eigenvalue weighted by Crippen LogP contribution is 2.31. The Morgan fingerprint density at radius 2 is 2.11 bits per heavy atom. The zero-order chi connectivity index (χ0) is 19.0. The number of aromatic nitrogens is 1. The van der Waals surface area contributed by atoms with Crippen LogP contribution in [0, 0.1) is 0 Å². The van der Waals surface area contributed by atoms with Gasteiger partial charge in [0.2, 0.25) is 16.5 Å². The van der Waals surface area contributed by atoms with Gasteiger partial charge in [0.15, 0.2) is 0 Å². The van der Waals surface area contributed by atoms with E-state index in [2.05, 4.69) is 10.1 Å². The van der Waals surface area contributed by atoms with Gasteiger partial charge in [0.1, 0.15) is 11.8 Å². The number of carbonyl (C=O) groups is 1. The lowest BCUT2D eigenvalue weighted by Crippen LogP contribution is -2.22. The van der Waals surface area contributed by atoms with Gasteiger partial charge in [-0.15, -0.1) is 0 Å². The number of hydrogen-bond acceptors (Lipinski definition) is 6. The van der Waals surface area contributed by atoms with Crippen LogP contribution in [-0.2, 0) is 4.79 Å². The highest BCUT2D eigenvalue weighted by atomic mass is 35.5. The van der Waals surface area contributed by atoms with Crippen LogP contribution in [0.2, 0.25) is 5.02 Å². The molecule has 0 bridgehead atoms. The minimum atomic E-state index is -0.332. The van der Waals surface area contributed by atoms with Gasteiger partial charge < -0.3 is 4.42 Å². The molecule has 0 aliphatic carbocycles. The molecule has 4 rings (SSSR count). The van der Waals surface area contributed by atoms with Crippen molar-refractivity contribution in [1.29, 1.82) is 0 Å². The molecule has 0 atom stereocenters. The van der Waals surface area contributed by atoms with Crippen LogP contribution < -0.4 is 10.4 Å². The van der Waals surface area contributed by atoms with Crippen molar-refractivity contribution < 1.29 is 9.21 Å². The van der Waals surface area contributed by atoms with E-state index in [0.29, 0.717) is 26.6 Å². The van der Waals surface area contributed by atoms with E-state index < -0.39 is 0 Å². The molecule has 0 aliphatic rings. The van der Waals surface area contributed by atoms with Crippen molar-refractivity contribution in [3.63, 3.8) is 0 Å². The first kappa shape index (κ1) is 17.4. The summed E-state index contributed by atoms with van der Waals surface area (Å²) in [5.74, 6) is -0.332. The number of nitrogens with zero attached hydrogens (tertiary/aromatic N) is 3. The fourth-order valence-electron chi connectivity index (χ4n) is 2.54. The van der Waals surface area contributed by atoms with Crippen molar-refractivity contribution >= 4 is 61.4 Å². The maximum absolute atomic E-state index is 12.5. The average Bonchev–Trinajstić information content (AvgIpc) is 3.06. The van der Waals surface area contributed by atoms with E-state index in [9.17, 15) is 9.59 Å². The van der Waals surface area contributed by atoms with Gasteiger partial charge in [-0.3, -0.25) is 9.59 Å². The topological polar surface area (TPSA) is 75.8 Å². The normalized spacial score (nSPS) is 11.5. The molecule has 4 aromatic rings. The Morgan fingerprint density at radius 3 is 2.93 bits per heavy atom. The Morgan fingerprint density at radius 1 is 1.30 bits per heavy atom. The molecular weight excluding hydrogens is 386 g/mol. The van der Waals surface area contributed by atoms with Crippen molar-refractivity contribution in [3.05, 3.63) is 69.5 Å². The number of halogens is 1. The molecule has 0 unspecified atom stereocenters. The molecule has 0 fully saturated rings. The average molecular weight is 398 g/mol. The number of hydrogen-bond donors (Lipinski definition) is 0. The minimum Gasteiger partial charge on any atom is -0.463 e. The van der Waals surface area contributed by atoms with E-state index in [4.69, 9.17) is 16.0 Å². The highest BCUT2D eigenvalue weighted by molar-refractivity contribution is 7.22. The first-order valence-corrected chi connectivity index (χ1v) is 9.14. The summed E-state index contributed by atoms with van der Waals surface area (Å²) in [6, 6.07) is 12.2. The molecule has 2 aromatic carbocycles. The molecule has 27 heavy (non-hydrogen) atoms. The van der Waals surface area contributed by atoms with Crippen molar-refractivity contribution in [1.82, 2.24) is 4.98 Å². The number of carbonyl (C=O) groups excluding carboxylic acids is 1. The lowest BCUT2D eigenvalue weighted by molar-refractivity contribution is -0.116. The molecule has 0 radical (unpaired) electrons. The molecule has 6 nitrogen and oxygen atoms in total. The van der Waals surface area contributed by atoms with E-state index in [0.717, 1.165) is 9.71 Å². The lowest BCUT2D eigenvalue weighted by atomic mass is 10.2. The first-order valence-electron chi connectivity index (χ1n) is 7.94. The van der Waals surface area contributed by atoms with E-state index >= 15 is 0 Å². The van der Waals surface area contributed by atoms with E-state index in [1.165, 1.54) is 30.7 Å². The maximum Gasteiger partial charge on any atom is 0.246 e. The third kappa shape index (κ3) is 3.34. The molecule has 0 N–H and O–H groups in total. The van der Waals surface area contributed by atoms with E-state index in [1.807, 2.05) is 0 Å². The van der Waals surface area contributed by atoms with Crippen LogP contribution in [0.4, 0.5) is 5.13 Å². The van der Waals surface area contributed by atoms with Gasteiger partial charge in [-0.25, -0.2) is 4.98 Å². The number of rotatable bonds is 3. The standard InChI is InChI=1S/C19H12ClN3O3S/c1-11(24)23(19-22-15-7-6-13(20)8-17(15)27-19)21-9-12-10-26-16-5-3-2-4-14(16)18(12)25/h2-10H,1H3/b21-9+. The van der Waals surface area contributed by atoms with E-state index in [-0.39, 0.29) is 16.9 Å². The van der Waals surface area contributed by atoms with Gasteiger partial charge in [0, 0.05) is 11.9 Å². The van der Waals surface area contributed by atoms with Crippen molar-refractivity contribution in [3.8, 4) is 0 Å². The maximum atomic E-state index is 12.5. The number of thiazole rings is 1. The predicted molar refractivity (Wildman–Crippen MR) is 108 cm³/mol. The lowest BCUT2D eigenvalue weighted by Gasteiger charge is -2.10. The third-order valence-corrected chi connectivity index (χ3v) is 5.07. The second-order valence-corrected chi connectivity index (χ2v) is 7.15. The molecule has 8 heteroatoms. The van der Waals surface area contributed by atoms with Crippen LogP contribution >= 0.6 is 22.9 Å². The molecule has 0 saturated carbocycles. The Balaban J connectivity index is 1.74. The van der Waals surface area contributed by atoms with E-state index in [1.54, 1.807) is 42.5 Å². The van der Waals surface area contributed by atoms with Gasteiger partial charge in [0.05, 0.1) is 27.4 Å². The smallest absolute Gasteiger partial charge is 0.246 e. The van der Waals surface area contributed by atoms with Crippen LogP contribution in [0.1, 0.15) is 12.5 Å². The summed E-state index contributed by atoms with van der Waals surface area (Å²) in [5.41, 5.74) is 1.22. The molecule has 2 aromatic heterocycles. The second-order valence-electron chi connectivity index (χ2n) is 5.70. The quantitative estimate of drug-likeness (QED) is 0.378. The number of fused-ring (bicyclic) bond motifs is 2. The zero-order valence-electron chi connectivity index (χ0n) is 14.0. The number of benzene rings is 2. The molecular formula is C19H12ClN3O3S. The summed E-state index contributed by atoms with van der Waals surface area (Å²) in [4.78, 5) is 29.0. The number of anilines is 1. The summed E-state index contributed by atoms with van der Waals surface area (Å²) < 4.78 is 6.30. The fourth-order valence-corrected chi connectivity index (χ4v) is 3.79. The van der Waals surface area contributed by atoms with Crippen molar-refractivity contribution in [2.45, 2.75) is 6.92 Å². The summed E-state index contributed by atoms with van der Waals surface area (Å²) in [6.07, 6.45) is 2.63. The number of hydrazone groups is 1. The summed E-state index contributed by atoms with van der Waals surface area (Å²) in [6.45, 7) is 1.37. The Bertz CT molecular complexity index is 1260. The van der Waals surface area contributed by atoms with Crippen LogP contribution in [0.3, 0.4) is 0 Å². The van der Waals surface area contributed by atoms with Gasteiger partial charge in [-0.1, -0.05) is 35.1 Å². The van der Waals surface area contributed by atoms with Gasteiger partial charge in [0.25, 0.3) is 0 Å². The molecule has 134 valence electrons. The minimum absolute atomic E-state index is 0.222. The molecule has 0 saturated heterocycles. The Kier molecular flexibility index (Phi) is 4.47. The summed E-state index contributed by atoms with van der Waals surface area (Å²) in [7, 11) is 0. The molecule has 1 amide bonds. The number of para-hydroxylation sites is 1. The molecule has 0 aliphatic heterocycles. The van der Waals surface area contributed by atoms with Crippen LogP contribution in [-0.4, -0.2) is 17.1 Å². The molecule has 2 heterocycles. The Labute approximate surface area is 162 Å². The Hall–Kier alpha value is -3.03. The predicted octanol–water partition coefficient (Wildman–Crippen LogP) is 4.44. The fraction of sp³-hybridized carbons (Fsp3) is 0.0526. The first-order chi connectivity index (χ1) is 13.0. The van der Waals surface area contributed by atoms with Gasteiger partial charge >= 0.3 is 0 Å². The largest absolute Gasteiger partial charge is 0.463 e. The summed E-state index contributed by atoms with van der Waals surface area (Å²) in [5, 5.41) is 6.74. The van der Waals surface area contributed by atoms with Crippen LogP contribution in [0.25, 0.3) is 21.2 Å². The third-order valence-electron chi connectivity index (χ3n) is 3.84. The monoisotopic (exact) mass is 397 g/mol. The van der Waals surface area contributed by atoms with Gasteiger partial charge in [-0.05, 0) is 30.3 Å². The van der Waals surface area contributed by atoms with Crippen LogP contribution in [0.5, 0.6) is 0 Å². The zero-order valence-corrected chi connectivity index (χ0v) is 15.6.